The normalized spacial score (nSPS) is 10.4. The topological polar surface area (TPSA) is 67.4 Å². The lowest BCUT2D eigenvalue weighted by Crippen LogP contribution is -2.24. The quantitative estimate of drug-likeness (QED) is 0.388. The second-order valence-corrected chi connectivity index (χ2v) is 7.89. The van der Waals surface area contributed by atoms with Crippen LogP contribution in [-0.4, -0.2) is 25.0 Å². The van der Waals surface area contributed by atoms with Crippen LogP contribution in [0.3, 0.4) is 0 Å². The van der Waals surface area contributed by atoms with E-state index in [0.29, 0.717) is 23.5 Å². The van der Waals surface area contributed by atoms with Gasteiger partial charge in [0.2, 0.25) is 0 Å². The first-order valence-corrected chi connectivity index (χ1v) is 11.0. The van der Waals surface area contributed by atoms with Crippen molar-refractivity contribution in [2.75, 3.05) is 18.5 Å². The largest absolute Gasteiger partial charge is 0.483 e. The lowest BCUT2D eigenvalue weighted by atomic mass is 10.1. The SMILES string of the molecule is CCCCNC(=O)c1ccc(NC(=O)COc2ccc(-c3ccccc3)cc2Br)cc1. The van der Waals surface area contributed by atoms with Crippen LogP contribution in [0.5, 0.6) is 5.75 Å². The lowest BCUT2D eigenvalue weighted by molar-refractivity contribution is -0.118. The van der Waals surface area contributed by atoms with Crippen molar-refractivity contribution in [1.82, 2.24) is 5.32 Å². The molecule has 0 unspecified atom stereocenters. The third kappa shape index (κ3) is 6.69. The fraction of sp³-hybridized carbons (Fsp3) is 0.200. The molecule has 0 heterocycles. The molecule has 6 heteroatoms. The van der Waals surface area contributed by atoms with Crippen LogP contribution in [0.4, 0.5) is 5.69 Å². The Hall–Kier alpha value is -3.12. The number of carbonyl (C=O) groups is 2. The number of ether oxygens (including phenoxy) is 1. The molecule has 0 aliphatic heterocycles. The summed E-state index contributed by atoms with van der Waals surface area (Å²) in [4.78, 5) is 24.3. The summed E-state index contributed by atoms with van der Waals surface area (Å²) in [5, 5.41) is 5.64. The van der Waals surface area contributed by atoms with Crippen molar-refractivity contribution in [3.05, 3.63) is 82.8 Å². The van der Waals surface area contributed by atoms with Gasteiger partial charge in [-0.2, -0.15) is 0 Å². The maximum Gasteiger partial charge on any atom is 0.262 e. The van der Waals surface area contributed by atoms with E-state index in [-0.39, 0.29) is 18.4 Å². The van der Waals surface area contributed by atoms with Crippen LogP contribution in [0.2, 0.25) is 0 Å². The molecule has 0 aromatic heterocycles. The van der Waals surface area contributed by atoms with Crippen LogP contribution in [0.15, 0.2) is 77.3 Å². The van der Waals surface area contributed by atoms with E-state index >= 15 is 0 Å². The number of nitrogens with one attached hydrogen (secondary N) is 2. The molecule has 3 aromatic carbocycles. The minimum atomic E-state index is -0.279. The van der Waals surface area contributed by atoms with E-state index < -0.39 is 0 Å². The highest BCUT2D eigenvalue weighted by atomic mass is 79.9. The summed E-state index contributed by atoms with van der Waals surface area (Å²) in [6, 6.07) is 22.6. The highest BCUT2D eigenvalue weighted by molar-refractivity contribution is 9.10. The van der Waals surface area contributed by atoms with E-state index in [0.717, 1.165) is 28.4 Å². The number of hydrogen-bond acceptors (Lipinski definition) is 3. The van der Waals surface area contributed by atoms with Crippen molar-refractivity contribution in [3.63, 3.8) is 0 Å². The molecule has 0 spiro atoms. The Morgan fingerprint density at radius 3 is 2.35 bits per heavy atom. The van der Waals surface area contributed by atoms with Gasteiger partial charge in [0.15, 0.2) is 6.61 Å². The van der Waals surface area contributed by atoms with Crippen LogP contribution in [-0.2, 0) is 4.79 Å². The van der Waals surface area contributed by atoms with Gasteiger partial charge in [-0.3, -0.25) is 9.59 Å². The predicted octanol–water partition coefficient (Wildman–Crippen LogP) is 5.66. The number of unbranched alkanes of at least 4 members (excludes halogenated alkanes) is 1. The van der Waals surface area contributed by atoms with Gasteiger partial charge in [-0.05, 0) is 69.9 Å². The number of hydrogen-bond donors (Lipinski definition) is 2. The van der Waals surface area contributed by atoms with Crippen molar-refractivity contribution in [2.45, 2.75) is 19.8 Å². The highest BCUT2D eigenvalue weighted by Crippen LogP contribution is 2.30. The molecule has 0 bridgehead atoms. The Kier molecular flexibility index (Phi) is 8.24. The Bertz CT molecular complexity index is 1020. The van der Waals surface area contributed by atoms with Gasteiger partial charge in [0.1, 0.15) is 5.75 Å². The Morgan fingerprint density at radius 2 is 1.68 bits per heavy atom. The molecule has 31 heavy (non-hydrogen) atoms. The second kappa shape index (κ2) is 11.3. The summed E-state index contributed by atoms with van der Waals surface area (Å²) >= 11 is 3.51. The molecule has 5 nitrogen and oxygen atoms in total. The molecule has 2 N–H and O–H groups in total. The molecule has 0 saturated heterocycles. The molecule has 3 aromatic rings. The van der Waals surface area contributed by atoms with Crippen LogP contribution >= 0.6 is 15.9 Å². The third-order valence-corrected chi connectivity index (χ3v) is 5.26. The van der Waals surface area contributed by atoms with Crippen LogP contribution in [0, 0.1) is 0 Å². The van der Waals surface area contributed by atoms with Gasteiger partial charge in [-0.25, -0.2) is 0 Å². The van der Waals surface area contributed by atoms with Crippen LogP contribution < -0.4 is 15.4 Å². The summed E-state index contributed by atoms with van der Waals surface area (Å²) < 4.78 is 6.43. The first kappa shape index (κ1) is 22.6. The van der Waals surface area contributed by atoms with Crippen molar-refractivity contribution in [2.24, 2.45) is 0 Å². The zero-order valence-electron chi connectivity index (χ0n) is 17.4. The maximum absolute atomic E-state index is 12.2. The van der Waals surface area contributed by atoms with E-state index in [2.05, 4.69) is 33.5 Å². The zero-order chi connectivity index (χ0) is 22.1. The summed E-state index contributed by atoms with van der Waals surface area (Å²) in [7, 11) is 0. The number of rotatable bonds is 9. The number of amides is 2. The molecule has 0 atom stereocenters. The van der Waals surface area contributed by atoms with Gasteiger partial charge in [0.05, 0.1) is 4.47 Å². The molecule has 160 valence electrons. The summed E-state index contributed by atoms with van der Waals surface area (Å²) in [6.45, 7) is 2.61. The Labute approximate surface area is 191 Å². The van der Waals surface area contributed by atoms with E-state index in [1.807, 2.05) is 48.5 Å². The molecule has 0 aliphatic rings. The molecule has 2 amide bonds. The minimum absolute atomic E-state index is 0.113. The smallest absolute Gasteiger partial charge is 0.262 e. The van der Waals surface area contributed by atoms with Crippen LogP contribution in [0.25, 0.3) is 11.1 Å². The molecule has 0 radical (unpaired) electrons. The summed E-state index contributed by atoms with van der Waals surface area (Å²) in [6.07, 6.45) is 1.98. The third-order valence-electron chi connectivity index (χ3n) is 4.64. The van der Waals surface area contributed by atoms with Crippen molar-refractivity contribution in [3.8, 4) is 16.9 Å². The number of carbonyl (C=O) groups excluding carboxylic acids is 2. The van der Waals surface area contributed by atoms with Crippen molar-refractivity contribution >= 4 is 33.4 Å². The van der Waals surface area contributed by atoms with Gasteiger partial charge < -0.3 is 15.4 Å². The molecule has 0 aliphatic carbocycles. The average molecular weight is 481 g/mol. The molecule has 0 saturated carbocycles. The Balaban J connectivity index is 1.51. The van der Waals surface area contributed by atoms with Gasteiger partial charge in [-0.15, -0.1) is 0 Å². The first-order valence-electron chi connectivity index (χ1n) is 10.2. The molecule has 0 fully saturated rings. The standard InChI is InChI=1S/C25H25BrN2O3/c1-2-3-15-27-25(30)19-9-12-21(13-10-19)28-24(29)17-31-23-14-11-20(16-22(23)26)18-7-5-4-6-8-18/h4-14,16H,2-3,15,17H2,1H3,(H,27,30)(H,28,29). The number of halogens is 1. The van der Waals surface area contributed by atoms with Crippen molar-refractivity contribution < 1.29 is 14.3 Å². The average Bonchev–Trinajstić information content (AvgIpc) is 2.79. The monoisotopic (exact) mass is 480 g/mol. The van der Waals surface area contributed by atoms with E-state index in [9.17, 15) is 9.59 Å². The number of benzene rings is 3. The second-order valence-electron chi connectivity index (χ2n) is 7.03. The zero-order valence-corrected chi connectivity index (χ0v) is 18.9. The van der Waals surface area contributed by atoms with Gasteiger partial charge in [-0.1, -0.05) is 49.7 Å². The minimum Gasteiger partial charge on any atom is -0.483 e. The molecule has 3 rings (SSSR count). The van der Waals surface area contributed by atoms with Gasteiger partial charge in [0, 0.05) is 17.8 Å². The van der Waals surface area contributed by atoms with E-state index in [1.165, 1.54) is 0 Å². The Morgan fingerprint density at radius 1 is 0.935 bits per heavy atom. The maximum atomic E-state index is 12.2. The summed E-state index contributed by atoms with van der Waals surface area (Å²) in [5.41, 5.74) is 3.34. The highest BCUT2D eigenvalue weighted by Gasteiger charge is 2.09. The molecular formula is C25H25BrN2O3. The fourth-order valence-corrected chi connectivity index (χ4v) is 3.45. The van der Waals surface area contributed by atoms with Crippen LogP contribution in [0.1, 0.15) is 30.1 Å². The number of anilines is 1. The fourth-order valence-electron chi connectivity index (χ4n) is 2.95. The van der Waals surface area contributed by atoms with Gasteiger partial charge >= 0.3 is 0 Å². The molecular weight excluding hydrogens is 456 g/mol. The van der Waals surface area contributed by atoms with E-state index in [1.54, 1.807) is 24.3 Å². The summed E-state index contributed by atoms with van der Waals surface area (Å²) in [5.74, 6) is 0.201. The van der Waals surface area contributed by atoms with Gasteiger partial charge in [0.25, 0.3) is 11.8 Å². The lowest BCUT2D eigenvalue weighted by Gasteiger charge is -2.11. The van der Waals surface area contributed by atoms with E-state index in [4.69, 9.17) is 4.74 Å². The van der Waals surface area contributed by atoms with Crippen molar-refractivity contribution in [1.29, 1.82) is 0 Å². The predicted molar refractivity (Wildman–Crippen MR) is 127 cm³/mol. The first-order chi connectivity index (χ1) is 15.1.